The molecule has 0 spiro atoms. The number of nitrogens with zero attached hydrogens (tertiary/aromatic N) is 2. The van der Waals surface area contributed by atoms with E-state index in [1.54, 1.807) is 15.9 Å². The van der Waals surface area contributed by atoms with E-state index in [0.29, 0.717) is 17.3 Å². The summed E-state index contributed by atoms with van der Waals surface area (Å²) in [5.41, 5.74) is 2.55. The number of rotatable bonds is 3. The summed E-state index contributed by atoms with van der Waals surface area (Å²) in [5, 5.41) is 2.83. The second-order valence-corrected chi connectivity index (χ2v) is 7.69. The minimum Gasteiger partial charge on any atom is -0.323 e. The first kappa shape index (κ1) is 19.4. The topological polar surface area (TPSA) is 69.7 Å². The summed E-state index contributed by atoms with van der Waals surface area (Å²) in [7, 11) is 0. The van der Waals surface area contributed by atoms with Gasteiger partial charge in [-0.15, -0.1) is 0 Å². The fourth-order valence-corrected chi connectivity index (χ4v) is 4.02. The van der Waals surface area contributed by atoms with Crippen molar-refractivity contribution in [3.63, 3.8) is 0 Å². The van der Waals surface area contributed by atoms with Gasteiger partial charge in [0.15, 0.2) is 0 Å². The van der Waals surface area contributed by atoms with Crippen LogP contribution < -0.4 is 15.1 Å². The van der Waals surface area contributed by atoms with Crippen LogP contribution >= 0.6 is 11.6 Å². The van der Waals surface area contributed by atoms with Gasteiger partial charge in [-0.2, -0.15) is 0 Å². The Morgan fingerprint density at radius 3 is 2.76 bits per heavy atom. The highest BCUT2D eigenvalue weighted by molar-refractivity contribution is 6.30. The Kier molecular flexibility index (Phi) is 5.00. The molecule has 29 heavy (non-hydrogen) atoms. The van der Waals surface area contributed by atoms with Gasteiger partial charge in [0.05, 0.1) is 11.6 Å². The zero-order chi connectivity index (χ0) is 20.7. The van der Waals surface area contributed by atoms with Crippen LogP contribution in [-0.4, -0.2) is 30.8 Å². The summed E-state index contributed by atoms with van der Waals surface area (Å²) in [6.07, 6.45) is 0.771. The first-order valence-corrected chi connectivity index (χ1v) is 9.68. The second-order valence-electron chi connectivity index (χ2n) is 7.25. The van der Waals surface area contributed by atoms with E-state index in [1.165, 1.54) is 25.1 Å². The van der Waals surface area contributed by atoms with Crippen LogP contribution in [0.4, 0.5) is 21.5 Å². The van der Waals surface area contributed by atoms with Crippen molar-refractivity contribution in [1.82, 2.24) is 0 Å². The zero-order valence-electron chi connectivity index (χ0n) is 15.7. The van der Waals surface area contributed by atoms with E-state index >= 15 is 0 Å². The number of benzene rings is 2. The average molecular weight is 416 g/mol. The lowest BCUT2D eigenvalue weighted by Crippen LogP contribution is -2.28. The predicted molar refractivity (Wildman–Crippen MR) is 109 cm³/mol. The summed E-state index contributed by atoms with van der Waals surface area (Å²) < 4.78 is 13.9. The standard InChI is InChI=1S/C21H19ClFN3O3/c1-12(27)25-7-6-13-8-16(3-5-19(13)25)26-11-14(9-20(26)28)21(29)24-18-10-15(22)2-4-17(18)23/h2-5,8,10,14H,6-7,9,11H2,1H3,(H,24,29)/t14-/m1/s1. The molecule has 1 saturated heterocycles. The molecule has 0 unspecified atom stereocenters. The highest BCUT2D eigenvalue weighted by atomic mass is 35.5. The summed E-state index contributed by atoms with van der Waals surface area (Å²) >= 11 is 5.86. The molecule has 1 N–H and O–H groups in total. The molecular formula is C21H19ClFN3O3. The molecule has 4 rings (SSSR count). The van der Waals surface area contributed by atoms with E-state index in [2.05, 4.69) is 5.32 Å². The van der Waals surface area contributed by atoms with Crippen molar-refractivity contribution in [3.8, 4) is 0 Å². The SMILES string of the molecule is CC(=O)N1CCc2cc(N3C[C@H](C(=O)Nc4cc(Cl)ccc4F)CC3=O)ccc21. The van der Waals surface area contributed by atoms with Crippen molar-refractivity contribution < 1.29 is 18.8 Å². The van der Waals surface area contributed by atoms with Gasteiger partial charge in [-0.05, 0) is 48.4 Å². The Bertz CT molecular complexity index is 1030. The van der Waals surface area contributed by atoms with E-state index in [0.717, 1.165) is 17.7 Å². The number of halogens is 2. The molecule has 3 amide bonds. The largest absolute Gasteiger partial charge is 0.323 e. The number of carbonyl (C=O) groups excluding carboxylic acids is 3. The van der Waals surface area contributed by atoms with Crippen molar-refractivity contribution in [3.05, 3.63) is 52.8 Å². The Morgan fingerprint density at radius 2 is 2.00 bits per heavy atom. The quantitative estimate of drug-likeness (QED) is 0.835. The van der Waals surface area contributed by atoms with Crippen LogP contribution in [0.3, 0.4) is 0 Å². The first-order valence-electron chi connectivity index (χ1n) is 9.31. The van der Waals surface area contributed by atoms with Crippen molar-refractivity contribution >= 4 is 46.4 Å². The van der Waals surface area contributed by atoms with Crippen LogP contribution in [0, 0.1) is 11.7 Å². The predicted octanol–water partition coefficient (Wildman–Crippen LogP) is 3.38. The van der Waals surface area contributed by atoms with Crippen molar-refractivity contribution in [2.24, 2.45) is 5.92 Å². The van der Waals surface area contributed by atoms with E-state index in [4.69, 9.17) is 11.6 Å². The summed E-state index contributed by atoms with van der Waals surface area (Å²) in [6.45, 7) is 2.36. The van der Waals surface area contributed by atoms with Gasteiger partial charge >= 0.3 is 0 Å². The van der Waals surface area contributed by atoms with Gasteiger partial charge in [-0.1, -0.05) is 11.6 Å². The third kappa shape index (κ3) is 3.70. The average Bonchev–Trinajstić information content (AvgIpc) is 3.27. The third-order valence-electron chi connectivity index (χ3n) is 5.33. The van der Waals surface area contributed by atoms with E-state index in [-0.39, 0.29) is 30.5 Å². The van der Waals surface area contributed by atoms with E-state index < -0.39 is 17.6 Å². The molecule has 1 atom stereocenters. The van der Waals surface area contributed by atoms with Crippen LogP contribution in [0.2, 0.25) is 5.02 Å². The number of hydrogen-bond acceptors (Lipinski definition) is 3. The first-order chi connectivity index (χ1) is 13.8. The van der Waals surface area contributed by atoms with Gasteiger partial charge < -0.3 is 15.1 Å². The number of hydrogen-bond donors (Lipinski definition) is 1. The Balaban J connectivity index is 1.49. The molecule has 150 valence electrons. The van der Waals surface area contributed by atoms with Crippen LogP contribution in [0.25, 0.3) is 0 Å². The van der Waals surface area contributed by atoms with Gasteiger partial charge in [0, 0.05) is 42.8 Å². The Hall–Kier alpha value is -2.93. The molecule has 0 saturated carbocycles. The highest BCUT2D eigenvalue weighted by Gasteiger charge is 2.36. The summed E-state index contributed by atoms with van der Waals surface area (Å²) in [4.78, 5) is 40.1. The van der Waals surface area contributed by atoms with Crippen LogP contribution in [-0.2, 0) is 20.8 Å². The van der Waals surface area contributed by atoms with Gasteiger partial charge in [0.2, 0.25) is 17.7 Å². The Labute approximate surface area is 172 Å². The number of anilines is 3. The maximum absolute atomic E-state index is 13.9. The number of nitrogens with one attached hydrogen (secondary N) is 1. The number of amides is 3. The smallest absolute Gasteiger partial charge is 0.229 e. The normalized spacial score (nSPS) is 18.2. The molecule has 2 aromatic carbocycles. The highest BCUT2D eigenvalue weighted by Crippen LogP contribution is 2.34. The molecule has 2 aliphatic heterocycles. The van der Waals surface area contributed by atoms with Crippen LogP contribution in [0.15, 0.2) is 36.4 Å². The maximum atomic E-state index is 13.9. The fraction of sp³-hybridized carbons (Fsp3) is 0.286. The molecule has 0 bridgehead atoms. The molecule has 2 heterocycles. The molecule has 2 aromatic rings. The molecule has 1 fully saturated rings. The van der Waals surface area contributed by atoms with Gasteiger partial charge in [-0.3, -0.25) is 14.4 Å². The lowest BCUT2D eigenvalue weighted by atomic mass is 10.1. The van der Waals surface area contributed by atoms with Gasteiger partial charge in [-0.25, -0.2) is 4.39 Å². The van der Waals surface area contributed by atoms with Crippen LogP contribution in [0.1, 0.15) is 18.9 Å². The van der Waals surface area contributed by atoms with Gasteiger partial charge in [0.1, 0.15) is 5.82 Å². The lowest BCUT2D eigenvalue weighted by molar-refractivity contribution is -0.122. The van der Waals surface area contributed by atoms with Gasteiger partial charge in [0.25, 0.3) is 0 Å². The molecule has 0 aromatic heterocycles. The third-order valence-corrected chi connectivity index (χ3v) is 5.57. The van der Waals surface area contributed by atoms with Crippen molar-refractivity contribution in [2.75, 3.05) is 28.2 Å². The van der Waals surface area contributed by atoms with Crippen molar-refractivity contribution in [2.45, 2.75) is 19.8 Å². The lowest BCUT2D eigenvalue weighted by Gasteiger charge is -2.19. The monoisotopic (exact) mass is 415 g/mol. The number of carbonyl (C=O) groups is 3. The maximum Gasteiger partial charge on any atom is 0.229 e. The second kappa shape index (κ2) is 7.48. The zero-order valence-corrected chi connectivity index (χ0v) is 16.5. The molecule has 0 radical (unpaired) electrons. The van der Waals surface area contributed by atoms with E-state index in [9.17, 15) is 18.8 Å². The molecule has 2 aliphatic rings. The molecule has 6 nitrogen and oxygen atoms in total. The summed E-state index contributed by atoms with van der Waals surface area (Å²) in [5.74, 6) is -1.79. The minimum atomic E-state index is -0.595. The molecule has 8 heteroatoms. The van der Waals surface area contributed by atoms with Crippen molar-refractivity contribution in [1.29, 1.82) is 0 Å². The summed E-state index contributed by atoms with van der Waals surface area (Å²) in [6, 6.07) is 9.43. The minimum absolute atomic E-state index is 0.00439. The molecular weight excluding hydrogens is 397 g/mol. The fourth-order valence-electron chi connectivity index (χ4n) is 3.84. The van der Waals surface area contributed by atoms with E-state index in [1.807, 2.05) is 12.1 Å². The molecule has 0 aliphatic carbocycles. The van der Waals surface area contributed by atoms with Crippen LogP contribution in [0.5, 0.6) is 0 Å². The number of fused-ring (bicyclic) bond motifs is 1. The Morgan fingerprint density at radius 1 is 1.21 bits per heavy atom.